The summed E-state index contributed by atoms with van der Waals surface area (Å²) in [6, 6.07) is 10.5. The first-order valence-electron chi connectivity index (χ1n) is 16.2. The van der Waals surface area contributed by atoms with E-state index in [2.05, 4.69) is 105 Å². The third kappa shape index (κ3) is 12.3. The van der Waals surface area contributed by atoms with Crippen molar-refractivity contribution in [2.75, 3.05) is 40.5 Å². The van der Waals surface area contributed by atoms with E-state index in [9.17, 15) is 0 Å². The Morgan fingerprint density at radius 2 is 1.02 bits per heavy atom. The van der Waals surface area contributed by atoms with Crippen LogP contribution in [0.1, 0.15) is 97.8 Å². The molecule has 0 saturated heterocycles. The molecule has 0 aromatic heterocycles. The molecule has 2 aromatic carbocycles. The highest BCUT2D eigenvalue weighted by atomic mass is 16.5. The molecule has 0 fully saturated rings. The highest BCUT2D eigenvalue weighted by molar-refractivity contribution is 5.76. The van der Waals surface area contributed by atoms with Crippen LogP contribution in [-0.4, -0.2) is 45.4 Å². The molecule has 0 spiro atoms. The minimum atomic E-state index is 0.473. The zero-order valence-electron chi connectivity index (χ0n) is 28.3. The van der Waals surface area contributed by atoms with Crippen molar-refractivity contribution in [3.05, 3.63) is 47.0 Å². The van der Waals surface area contributed by atoms with E-state index in [1.807, 2.05) is 12.1 Å². The Labute approximate surface area is 257 Å². The van der Waals surface area contributed by atoms with Gasteiger partial charge in [0.25, 0.3) is 0 Å². The lowest BCUT2D eigenvalue weighted by Gasteiger charge is -2.21. The average Bonchev–Trinajstić information content (AvgIpc) is 2.99. The molecular formula is C37H59NO4. The Hall–Kier alpha value is -2.66. The number of rotatable bonds is 20. The van der Waals surface area contributed by atoms with Crippen molar-refractivity contribution in [1.29, 1.82) is 0 Å². The van der Waals surface area contributed by atoms with E-state index in [0.29, 0.717) is 50.1 Å². The van der Waals surface area contributed by atoms with Crippen LogP contribution in [0.4, 0.5) is 0 Å². The maximum Gasteiger partial charge on any atom is 0.127 e. The Bertz CT molecular complexity index is 1080. The van der Waals surface area contributed by atoms with Crippen LogP contribution in [0.3, 0.4) is 0 Å². The summed E-state index contributed by atoms with van der Waals surface area (Å²) in [5, 5.41) is 0. The molecular weight excluding hydrogens is 522 g/mol. The molecule has 236 valence electrons. The molecule has 5 nitrogen and oxygen atoms in total. The third-order valence-corrected chi connectivity index (χ3v) is 8.00. The van der Waals surface area contributed by atoms with Gasteiger partial charge in [0.2, 0.25) is 0 Å². The molecule has 0 heterocycles. The van der Waals surface area contributed by atoms with Crippen molar-refractivity contribution in [3.63, 3.8) is 0 Å². The maximum absolute atomic E-state index is 6.45. The minimum absolute atomic E-state index is 0.473. The molecule has 2 rings (SSSR count). The summed E-state index contributed by atoms with van der Waals surface area (Å²) in [5.74, 6) is 5.47. The van der Waals surface area contributed by atoms with E-state index < -0.39 is 0 Å². The molecule has 0 saturated carbocycles. The lowest BCUT2D eigenvalue weighted by Crippen LogP contribution is -2.15. The fraction of sp³-hybridized carbons (Fsp3) is 0.622. The molecule has 0 N–H and O–H groups in total. The van der Waals surface area contributed by atoms with Gasteiger partial charge in [0.1, 0.15) is 23.0 Å². The molecule has 5 heteroatoms. The van der Waals surface area contributed by atoms with E-state index in [1.165, 1.54) is 0 Å². The number of nitrogens with zero attached hydrogens (tertiary/aromatic N) is 1. The van der Waals surface area contributed by atoms with E-state index >= 15 is 0 Å². The molecule has 2 aromatic rings. The molecule has 0 amide bonds. The van der Waals surface area contributed by atoms with Gasteiger partial charge in [-0.2, -0.15) is 0 Å². The normalized spacial score (nSPS) is 14.5. The van der Waals surface area contributed by atoms with Gasteiger partial charge in [0.15, 0.2) is 0 Å². The van der Waals surface area contributed by atoms with Crippen molar-refractivity contribution < 1.29 is 18.9 Å². The number of ether oxygens (including phenoxy) is 4. The van der Waals surface area contributed by atoms with Crippen molar-refractivity contribution >= 4 is 12.2 Å². The maximum atomic E-state index is 6.45. The van der Waals surface area contributed by atoms with Gasteiger partial charge in [-0.1, -0.05) is 93.2 Å². The van der Waals surface area contributed by atoms with Crippen LogP contribution in [0, 0.1) is 23.7 Å². The van der Waals surface area contributed by atoms with Crippen LogP contribution >= 0.6 is 0 Å². The van der Waals surface area contributed by atoms with E-state index in [0.717, 1.165) is 71.9 Å². The Morgan fingerprint density at radius 1 is 0.571 bits per heavy atom. The summed E-state index contributed by atoms with van der Waals surface area (Å²) in [6.07, 6.45) is 8.58. The second kappa shape index (κ2) is 18.8. The Morgan fingerprint density at radius 3 is 1.52 bits per heavy atom. The molecule has 0 aliphatic rings. The van der Waals surface area contributed by atoms with Gasteiger partial charge in [-0.05, 0) is 68.1 Å². The van der Waals surface area contributed by atoms with Gasteiger partial charge in [-0.25, -0.2) is 0 Å². The standard InChI is InChI=1S/C37H59NO4/c1-11-27(5)23-39-34-17-18-35(40-24-28(6)12-2)31(19-34)15-16-32-20-37(42-26-30(8)14-4)33(22-38(9)10)21-36(32)41-25-29(7)13-3/h15-21,27-30H,11-14,22-26H2,1-10H3/b16-15+/t27-,28-,29-,30-/m0/s1. The highest BCUT2D eigenvalue weighted by Gasteiger charge is 2.15. The summed E-state index contributed by atoms with van der Waals surface area (Å²) in [5.41, 5.74) is 3.13. The topological polar surface area (TPSA) is 40.2 Å². The van der Waals surface area contributed by atoms with Crippen LogP contribution in [0.25, 0.3) is 12.2 Å². The third-order valence-electron chi connectivity index (χ3n) is 8.00. The average molecular weight is 582 g/mol. The molecule has 0 radical (unpaired) electrons. The van der Waals surface area contributed by atoms with E-state index in [4.69, 9.17) is 18.9 Å². The van der Waals surface area contributed by atoms with E-state index in [1.54, 1.807) is 0 Å². The Balaban J connectivity index is 2.54. The summed E-state index contributed by atoms with van der Waals surface area (Å²) >= 11 is 0. The van der Waals surface area contributed by atoms with E-state index in [-0.39, 0.29) is 0 Å². The molecule has 0 unspecified atom stereocenters. The first-order chi connectivity index (χ1) is 20.1. The van der Waals surface area contributed by atoms with Crippen LogP contribution in [0.2, 0.25) is 0 Å². The van der Waals surface area contributed by atoms with Gasteiger partial charge in [-0.15, -0.1) is 0 Å². The quantitative estimate of drug-likeness (QED) is 0.146. The predicted octanol–water partition coefficient (Wildman–Crippen LogP) is 9.62. The predicted molar refractivity (Wildman–Crippen MR) is 179 cm³/mol. The van der Waals surface area contributed by atoms with Crippen LogP contribution < -0.4 is 18.9 Å². The van der Waals surface area contributed by atoms with Gasteiger partial charge in [-0.3, -0.25) is 0 Å². The van der Waals surface area contributed by atoms with Crippen molar-refractivity contribution in [2.45, 2.75) is 87.6 Å². The van der Waals surface area contributed by atoms with Crippen LogP contribution in [0.5, 0.6) is 23.0 Å². The van der Waals surface area contributed by atoms with Gasteiger partial charge < -0.3 is 23.8 Å². The molecule has 0 bridgehead atoms. The summed E-state index contributed by atoms with van der Waals surface area (Å²) in [4.78, 5) is 2.17. The molecule has 42 heavy (non-hydrogen) atoms. The van der Waals surface area contributed by atoms with Gasteiger partial charge in [0, 0.05) is 23.2 Å². The lowest BCUT2D eigenvalue weighted by molar-refractivity contribution is 0.245. The lowest BCUT2D eigenvalue weighted by atomic mass is 10.0. The van der Waals surface area contributed by atoms with Crippen LogP contribution in [0.15, 0.2) is 30.3 Å². The number of hydrogen-bond donors (Lipinski definition) is 0. The second-order valence-corrected chi connectivity index (χ2v) is 12.6. The first kappa shape index (κ1) is 35.5. The number of benzene rings is 2. The van der Waals surface area contributed by atoms with Crippen LogP contribution in [-0.2, 0) is 6.54 Å². The summed E-state index contributed by atoms with van der Waals surface area (Å²) in [7, 11) is 4.17. The number of hydrogen-bond acceptors (Lipinski definition) is 5. The Kier molecular flexibility index (Phi) is 15.9. The van der Waals surface area contributed by atoms with Gasteiger partial charge in [0.05, 0.1) is 26.4 Å². The van der Waals surface area contributed by atoms with Crippen molar-refractivity contribution in [2.24, 2.45) is 23.7 Å². The SMILES string of the molecule is CC[C@H](C)COc1ccc(OC[C@@H](C)CC)c(/C=C/c2cc(OC[C@@H](C)CC)c(CN(C)C)cc2OC[C@@H](C)CC)c1. The highest BCUT2D eigenvalue weighted by Crippen LogP contribution is 2.34. The molecule has 0 aliphatic carbocycles. The second-order valence-electron chi connectivity index (χ2n) is 12.6. The summed E-state index contributed by atoms with van der Waals surface area (Å²) in [6.45, 7) is 21.2. The monoisotopic (exact) mass is 581 g/mol. The van der Waals surface area contributed by atoms with Gasteiger partial charge >= 0.3 is 0 Å². The molecule has 4 atom stereocenters. The first-order valence-corrected chi connectivity index (χ1v) is 16.2. The fourth-order valence-corrected chi connectivity index (χ4v) is 3.94. The van der Waals surface area contributed by atoms with Crippen molar-refractivity contribution in [1.82, 2.24) is 4.90 Å². The largest absolute Gasteiger partial charge is 0.493 e. The molecule has 0 aliphatic heterocycles. The zero-order valence-corrected chi connectivity index (χ0v) is 28.3. The summed E-state index contributed by atoms with van der Waals surface area (Å²) < 4.78 is 25.3. The fourth-order valence-electron chi connectivity index (χ4n) is 3.94. The van der Waals surface area contributed by atoms with Crippen molar-refractivity contribution in [3.8, 4) is 23.0 Å². The zero-order chi connectivity index (χ0) is 31.1. The minimum Gasteiger partial charge on any atom is -0.493 e. The smallest absolute Gasteiger partial charge is 0.127 e.